The number of hydrogen-bond donors (Lipinski definition) is 3. The van der Waals surface area contributed by atoms with Crippen molar-refractivity contribution in [2.75, 3.05) is 57.0 Å². The molecule has 0 aromatic heterocycles. The molecule has 0 saturated carbocycles. The van der Waals surface area contributed by atoms with Gasteiger partial charge in [0.2, 0.25) is 5.91 Å². The van der Waals surface area contributed by atoms with Crippen LogP contribution in [-0.4, -0.2) is 90.3 Å². The van der Waals surface area contributed by atoms with Gasteiger partial charge in [-0.3, -0.25) is 9.69 Å². The molecule has 1 unspecified atom stereocenters. The summed E-state index contributed by atoms with van der Waals surface area (Å²) in [4.78, 5) is 37.8. The summed E-state index contributed by atoms with van der Waals surface area (Å²) in [5.41, 5.74) is 8.85. The first-order valence-corrected chi connectivity index (χ1v) is 12.4. The fourth-order valence-corrected chi connectivity index (χ4v) is 4.18. The van der Waals surface area contributed by atoms with E-state index in [2.05, 4.69) is 28.9 Å². The van der Waals surface area contributed by atoms with E-state index in [9.17, 15) is 4.79 Å². The molecule has 3 rings (SSSR count). The first kappa shape index (κ1) is 29.6. The van der Waals surface area contributed by atoms with E-state index in [-0.39, 0.29) is 11.9 Å². The Hall–Kier alpha value is -3.63. The molecule has 10 nitrogen and oxygen atoms in total. The highest BCUT2D eigenvalue weighted by Crippen LogP contribution is 2.23. The van der Waals surface area contributed by atoms with Crippen molar-refractivity contribution in [3.05, 3.63) is 54.1 Å². The van der Waals surface area contributed by atoms with Crippen molar-refractivity contribution in [1.29, 1.82) is 0 Å². The van der Waals surface area contributed by atoms with Crippen molar-refractivity contribution in [2.45, 2.75) is 32.7 Å². The van der Waals surface area contributed by atoms with E-state index in [1.807, 2.05) is 48.2 Å². The molecule has 0 spiro atoms. The molecule has 4 N–H and O–H groups in total. The third-order valence-electron chi connectivity index (χ3n) is 6.23. The van der Waals surface area contributed by atoms with Gasteiger partial charge in [-0.05, 0) is 55.3 Å². The zero-order valence-corrected chi connectivity index (χ0v) is 21.8. The lowest BCUT2D eigenvalue weighted by Gasteiger charge is -2.38. The molecule has 1 heterocycles. The highest BCUT2D eigenvalue weighted by atomic mass is 16.5. The first-order valence-electron chi connectivity index (χ1n) is 12.4. The molecule has 0 radical (unpaired) electrons. The number of nitrogens with two attached hydrogens (primary N) is 1. The smallest absolute Gasteiger partial charge is 0.414 e. The maximum Gasteiger partial charge on any atom is 0.414 e. The van der Waals surface area contributed by atoms with Crippen molar-refractivity contribution in [3.63, 3.8) is 0 Å². The van der Waals surface area contributed by atoms with Gasteiger partial charge in [0, 0.05) is 63.1 Å². The Kier molecular flexibility index (Phi) is 11.9. The van der Waals surface area contributed by atoms with Crippen LogP contribution in [0.5, 0.6) is 5.75 Å². The quantitative estimate of drug-likeness (QED) is 0.340. The minimum atomic E-state index is -1.82. The number of benzene rings is 2. The van der Waals surface area contributed by atoms with Gasteiger partial charge in [-0.2, -0.15) is 0 Å². The van der Waals surface area contributed by atoms with E-state index < -0.39 is 11.9 Å². The van der Waals surface area contributed by atoms with Gasteiger partial charge >= 0.3 is 11.9 Å². The number of carbonyl (C=O) groups is 3. The average molecular weight is 515 g/mol. The van der Waals surface area contributed by atoms with E-state index in [0.717, 1.165) is 62.8 Å². The lowest BCUT2D eigenvalue weighted by molar-refractivity contribution is -0.159. The van der Waals surface area contributed by atoms with Crippen molar-refractivity contribution < 1.29 is 29.3 Å². The Bertz CT molecular complexity index is 993. The van der Waals surface area contributed by atoms with Crippen LogP contribution in [0.25, 0.3) is 0 Å². The van der Waals surface area contributed by atoms with E-state index in [1.165, 1.54) is 5.56 Å². The molecule has 1 aliphatic rings. The Labute approximate surface area is 218 Å². The van der Waals surface area contributed by atoms with Crippen LogP contribution in [-0.2, 0) is 20.8 Å². The number of anilines is 2. The summed E-state index contributed by atoms with van der Waals surface area (Å²) in [7, 11) is 1.65. The third-order valence-corrected chi connectivity index (χ3v) is 6.23. The van der Waals surface area contributed by atoms with Gasteiger partial charge < -0.3 is 30.5 Å². The van der Waals surface area contributed by atoms with Gasteiger partial charge in [-0.15, -0.1) is 0 Å². The van der Waals surface area contributed by atoms with Crippen molar-refractivity contribution in [3.8, 4) is 5.75 Å². The normalized spacial score (nSPS) is 14.7. The van der Waals surface area contributed by atoms with Crippen LogP contribution in [0.3, 0.4) is 0 Å². The zero-order valence-electron chi connectivity index (χ0n) is 21.8. The Balaban J connectivity index is 0.000000717. The molecule has 1 fully saturated rings. The van der Waals surface area contributed by atoms with Gasteiger partial charge in [-0.1, -0.05) is 19.1 Å². The van der Waals surface area contributed by atoms with Crippen LogP contribution < -0.4 is 15.4 Å². The summed E-state index contributed by atoms with van der Waals surface area (Å²) >= 11 is 0. The molecule has 0 aliphatic carbocycles. The maximum atomic E-state index is 12.7. The number of aliphatic carboxylic acids is 2. The van der Waals surface area contributed by atoms with E-state index in [4.69, 9.17) is 30.3 Å². The van der Waals surface area contributed by atoms with Gasteiger partial charge in [-0.25, -0.2) is 9.59 Å². The minimum absolute atomic E-state index is 0.113. The van der Waals surface area contributed by atoms with Crippen molar-refractivity contribution >= 4 is 29.2 Å². The fourth-order valence-electron chi connectivity index (χ4n) is 4.18. The van der Waals surface area contributed by atoms with E-state index >= 15 is 0 Å². The van der Waals surface area contributed by atoms with Gasteiger partial charge in [0.1, 0.15) is 5.75 Å². The van der Waals surface area contributed by atoms with Gasteiger partial charge in [0.25, 0.3) is 0 Å². The number of carboxylic acids is 2. The van der Waals surface area contributed by atoms with Gasteiger partial charge in [0.05, 0.1) is 7.11 Å². The summed E-state index contributed by atoms with van der Waals surface area (Å²) in [6.07, 6.45) is 1.54. The van der Waals surface area contributed by atoms with Crippen molar-refractivity contribution in [2.24, 2.45) is 0 Å². The number of nitrogens with zero attached hydrogens (tertiary/aromatic N) is 3. The van der Waals surface area contributed by atoms with E-state index in [0.29, 0.717) is 6.42 Å². The molecule has 202 valence electrons. The number of carboxylic acid groups (broad SMARTS) is 2. The second-order valence-corrected chi connectivity index (χ2v) is 8.91. The van der Waals surface area contributed by atoms with Crippen molar-refractivity contribution in [1.82, 2.24) is 9.80 Å². The number of ether oxygens (including phenoxy) is 1. The molecule has 0 bridgehead atoms. The molecule has 37 heavy (non-hydrogen) atoms. The Morgan fingerprint density at radius 2 is 1.49 bits per heavy atom. The van der Waals surface area contributed by atoms with Crippen LogP contribution >= 0.6 is 0 Å². The van der Waals surface area contributed by atoms with Crippen LogP contribution in [0.1, 0.15) is 25.8 Å². The predicted molar refractivity (Wildman–Crippen MR) is 143 cm³/mol. The number of methoxy groups -OCH3 is 1. The molecular formula is C27H38N4O6. The van der Waals surface area contributed by atoms with E-state index in [1.54, 1.807) is 7.11 Å². The molecule has 10 heteroatoms. The maximum absolute atomic E-state index is 12.7. The summed E-state index contributed by atoms with van der Waals surface area (Å²) < 4.78 is 5.26. The van der Waals surface area contributed by atoms with Crippen LogP contribution in [0.4, 0.5) is 11.4 Å². The molecule has 1 amide bonds. The average Bonchev–Trinajstić information content (AvgIpc) is 2.90. The number of hydrogen-bond acceptors (Lipinski definition) is 7. The topological polar surface area (TPSA) is 137 Å². The monoisotopic (exact) mass is 514 g/mol. The molecule has 2 aromatic rings. The highest BCUT2D eigenvalue weighted by molar-refractivity contribution is 6.27. The standard InChI is InChI=1S/C25H36N4O2.C2H2O4/c1-4-25(30)29(23-9-11-24(31-3)12-10-23)20(2)19-28-17-15-27(16-18-28)14-13-21-5-7-22(26)8-6-21;3-1(4)2(5)6/h5-12,20H,4,13-19,26H2,1-3H3;(H,3,4)(H,5,6). The summed E-state index contributed by atoms with van der Waals surface area (Å²) in [6.45, 7) is 10.2. The van der Waals surface area contributed by atoms with Crippen LogP contribution in [0.15, 0.2) is 48.5 Å². The Morgan fingerprint density at radius 1 is 0.946 bits per heavy atom. The first-order chi connectivity index (χ1) is 17.6. The Morgan fingerprint density at radius 3 is 1.97 bits per heavy atom. The lowest BCUT2D eigenvalue weighted by Crippen LogP contribution is -2.52. The number of piperazine rings is 1. The second-order valence-electron chi connectivity index (χ2n) is 8.91. The molecule has 1 atom stereocenters. The molecule has 2 aromatic carbocycles. The minimum Gasteiger partial charge on any atom is -0.497 e. The number of amides is 1. The largest absolute Gasteiger partial charge is 0.497 e. The SMILES string of the molecule is CCC(=O)N(c1ccc(OC)cc1)C(C)CN1CCN(CCc2ccc(N)cc2)CC1.O=C(O)C(=O)O. The van der Waals surface area contributed by atoms with Crippen LogP contribution in [0.2, 0.25) is 0 Å². The second kappa shape index (κ2) is 14.8. The molecule has 1 aliphatic heterocycles. The highest BCUT2D eigenvalue weighted by Gasteiger charge is 2.25. The summed E-state index contributed by atoms with van der Waals surface area (Å²) in [5, 5.41) is 14.8. The number of carbonyl (C=O) groups excluding carboxylic acids is 1. The lowest BCUT2D eigenvalue weighted by atomic mass is 10.1. The predicted octanol–water partition coefficient (Wildman–Crippen LogP) is 2.42. The zero-order chi connectivity index (χ0) is 27.4. The summed E-state index contributed by atoms with van der Waals surface area (Å²) in [5.74, 6) is -2.69. The number of rotatable bonds is 9. The fraction of sp³-hybridized carbons (Fsp3) is 0.444. The molecular weight excluding hydrogens is 476 g/mol. The third kappa shape index (κ3) is 9.74. The van der Waals surface area contributed by atoms with Gasteiger partial charge in [0.15, 0.2) is 0 Å². The molecule has 1 saturated heterocycles. The summed E-state index contributed by atoms with van der Waals surface area (Å²) in [6, 6.07) is 16.1. The van der Waals surface area contributed by atoms with Crippen LogP contribution in [0, 0.1) is 0 Å². The number of nitrogen functional groups attached to an aromatic ring is 1.